The fourth-order valence-electron chi connectivity index (χ4n) is 2.92. The van der Waals surface area contributed by atoms with Crippen molar-refractivity contribution in [1.82, 2.24) is 4.90 Å². The lowest BCUT2D eigenvalue weighted by Gasteiger charge is -2.39. The Bertz CT molecular complexity index is 468. The van der Waals surface area contributed by atoms with Crippen molar-refractivity contribution in [1.29, 1.82) is 0 Å². The van der Waals surface area contributed by atoms with Crippen LogP contribution < -0.4 is 0 Å². The molecule has 5 nitrogen and oxygen atoms in total. The molecule has 112 valence electrons. The van der Waals surface area contributed by atoms with Gasteiger partial charge in [-0.15, -0.1) is 0 Å². The molecule has 2 heterocycles. The summed E-state index contributed by atoms with van der Waals surface area (Å²) in [7, 11) is 1.35. The quantitative estimate of drug-likeness (QED) is 0.856. The number of likely N-dealkylation sites (tertiary alicyclic amines) is 1. The maximum absolute atomic E-state index is 11.6. The third-order valence-electron chi connectivity index (χ3n) is 4.08. The van der Waals surface area contributed by atoms with E-state index in [9.17, 15) is 9.90 Å². The Morgan fingerprint density at radius 2 is 2.30 bits per heavy atom. The minimum absolute atomic E-state index is 0.161. The third-order valence-corrected chi connectivity index (χ3v) is 4.08. The molecule has 0 aromatic carbocycles. The van der Waals surface area contributed by atoms with Gasteiger partial charge >= 0.3 is 5.97 Å². The molecule has 5 heteroatoms. The zero-order valence-electron chi connectivity index (χ0n) is 12.4. The molecule has 1 aromatic rings. The molecule has 0 amide bonds. The highest BCUT2D eigenvalue weighted by molar-refractivity contribution is 5.87. The van der Waals surface area contributed by atoms with E-state index in [2.05, 4.69) is 11.8 Å². The van der Waals surface area contributed by atoms with Crippen LogP contribution in [0.25, 0.3) is 0 Å². The number of carbonyl (C=O) groups is 1. The molecule has 1 aromatic heterocycles. The molecule has 1 N–H and O–H groups in total. The SMILES string of the molecule is COC(=O)c1oc(CN2C(C)CCCC2CO)cc1C. The topological polar surface area (TPSA) is 62.9 Å². The van der Waals surface area contributed by atoms with Crippen LogP contribution in [0.5, 0.6) is 0 Å². The monoisotopic (exact) mass is 281 g/mol. The summed E-state index contributed by atoms with van der Waals surface area (Å²) in [6, 6.07) is 2.46. The van der Waals surface area contributed by atoms with E-state index in [0.717, 1.165) is 30.6 Å². The number of carbonyl (C=O) groups excluding carboxylic acids is 1. The van der Waals surface area contributed by atoms with Gasteiger partial charge in [-0.05, 0) is 32.8 Å². The van der Waals surface area contributed by atoms with Gasteiger partial charge in [0.2, 0.25) is 5.76 Å². The van der Waals surface area contributed by atoms with Crippen molar-refractivity contribution in [3.05, 3.63) is 23.2 Å². The minimum Gasteiger partial charge on any atom is -0.463 e. The van der Waals surface area contributed by atoms with Crippen LogP contribution in [-0.2, 0) is 11.3 Å². The lowest BCUT2D eigenvalue weighted by Crippen LogP contribution is -2.46. The number of ether oxygens (including phenoxy) is 1. The maximum atomic E-state index is 11.6. The number of hydrogen-bond donors (Lipinski definition) is 1. The predicted molar refractivity (Wildman–Crippen MR) is 74.5 cm³/mol. The van der Waals surface area contributed by atoms with Crippen molar-refractivity contribution in [2.24, 2.45) is 0 Å². The zero-order chi connectivity index (χ0) is 14.7. The van der Waals surface area contributed by atoms with Crippen LogP contribution >= 0.6 is 0 Å². The Labute approximate surface area is 119 Å². The average molecular weight is 281 g/mol. The summed E-state index contributed by atoms with van der Waals surface area (Å²) in [5.74, 6) is 0.571. The van der Waals surface area contributed by atoms with Gasteiger partial charge in [0.15, 0.2) is 0 Å². The van der Waals surface area contributed by atoms with Crippen LogP contribution in [0.15, 0.2) is 10.5 Å². The van der Waals surface area contributed by atoms with E-state index in [1.165, 1.54) is 7.11 Å². The first-order valence-corrected chi connectivity index (χ1v) is 7.11. The summed E-state index contributed by atoms with van der Waals surface area (Å²) in [5.41, 5.74) is 0.789. The van der Waals surface area contributed by atoms with E-state index in [-0.39, 0.29) is 18.4 Å². The molecule has 2 rings (SSSR count). The molecule has 1 aliphatic rings. The van der Waals surface area contributed by atoms with E-state index in [1.54, 1.807) is 0 Å². The highest BCUT2D eigenvalue weighted by Crippen LogP contribution is 2.26. The molecule has 0 bridgehead atoms. The van der Waals surface area contributed by atoms with Gasteiger partial charge in [0.1, 0.15) is 5.76 Å². The zero-order valence-corrected chi connectivity index (χ0v) is 12.4. The van der Waals surface area contributed by atoms with Crippen LogP contribution in [0.4, 0.5) is 0 Å². The van der Waals surface area contributed by atoms with Crippen LogP contribution in [0.2, 0.25) is 0 Å². The van der Waals surface area contributed by atoms with Gasteiger partial charge in [0.05, 0.1) is 20.3 Å². The smallest absolute Gasteiger partial charge is 0.374 e. The second kappa shape index (κ2) is 6.41. The van der Waals surface area contributed by atoms with Gasteiger partial charge in [0, 0.05) is 17.6 Å². The molecular formula is C15H23NO4. The number of aryl methyl sites for hydroxylation is 1. The number of hydrogen-bond acceptors (Lipinski definition) is 5. The lowest BCUT2D eigenvalue weighted by atomic mass is 9.97. The summed E-state index contributed by atoms with van der Waals surface area (Å²) in [6.45, 7) is 4.78. The molecule has 1 saturated heterocycles. The molecule has 20 heavy (non-hydrogen) atoms. The van der Waals surface area contributed by atoms with E-state index < -0.39 is 5.97 Å². The maximum Gasteiger partial charge on any atom is 0.374 e. The number of aliphatic hydroxyl groups is 1. The van der Waals surface area contributed by atoms with Crippen molar-refractivity contribution in [2.45, 2.75) is 51.7 Å². The number of aliphatic hydroxyl groups excluding tert-OH is 1. The molecule has 0 saturated carbocycles. The van der Waals surface area contributed by atoms with Gasteiger partial charge in [-0.2, -0.15) is 0 Å². The van der Waals surface area contributed by atoms with Crippen molar-refractivity contribution >= 4 is 5.97 Å². The first-order chi connectivity index (χ1) is 9.56. The van der Waals surface area contributed by atoms with Crippen molar-refractivity contribution in [3.8, 4) is 0 Å². The van der Waals surface area contributed by atoms with E-state index >= 15 is 0 Å². The van der Waals surface area contributed by atoms with E-state index in [4.69, 9.17) is 9.15 Å². The number of esters is 1. The number of nitrogens with zero attached hydrogens (tertiary/aromatic N) is 1. The Kier molecular flexibility index (Phi) is 4.83. The summed E-state index contributed by atoms with van der Waals surface area (Å²) >= 11 is 0. The van der Waals surface area contributed by atoms with Gasteiger partial charge < -0.3 is 14.3 Å². The van der Waals surface area contributed by atoms with Gasteiger partial charge in [-0.1, -0.05) is 6.42 Å². The Morgan fingerprint density at radius 1 is 1.55 bits per heavy atom. The van der Waals surface area contributed by atoms with Crippen LogP contribution in [-0.4, -0.2) is 41.8 Å². The first kappa shape index (κ1) is 15.1. The van der Waals surface area contributed by atoms with Crippen molar-refractivity contribution in [2.75, 3.05) is 13.7 Å². The number of furan rings is 1. The highest BCUT2D eigenvalue weighted by Gasteiger charge is 2.28. The van der Waals surface area contributed by atoms with Crippen molar-refractivity contribution < 1.29 is 19.1 Å². The summed E-state index contributed by atoms with van der Waals surface area (Å²) in [5, 5.41) is 9.50. The summed E-state index contributed by atoms with van der Waals surface area (Å²) in [6.07, 6.45) is 3.28. The number of rotatable bonds is 4. The average Bonchev–Trinajstić information content (AvgIpc) is 2.81. The fourth-order valence-corrected chi connectivity index (χ4v) is 2.92. The van der Waals surface area contributed by atoms with Gasteiger partial charge in [-0.3, -0.25) is 4.90 Å². The van der Waals surface area contributed by atoms with Gasteiger partial charge in [-0.25, -0.2) is 4.79 Å². The minimum atomic E-state index is -0.445. The Balaban J connectivity index is 2.14. The van der Waals surface area contributed by atoms with Crippen molar-refractivity contribution in [3.63, 3.8) is 0 Å². The molecule has 2 unspecified atom stereocenters. The predicted octanol–water partition coefficient (Wildman–Crippen LogP) is 2.11. The largest absolute Gasteiger partial charge is 0.463 e. The second-order valence-electron chi connectivity index (χ2n) is 5.51. The lowest BCUT2D eigenvalue weighted by molar-refractivity contribution is 0.0383. The summed E-state index contributed by atoms with van der Waals surface area (Å²) < 4.78 is 10.3. The standard InChI is InChI=1S/C15H23NO4/c1-10-7-13(20-14(10)15(18)19-3)8-16-11(2)5-4-6-12(16)9-17/h7,11-12,17H,4-6,8-9H2,1-3H3. The first-order valence-electron chi connectivity index (χ1n) is 7.11. The van der Waals surface area contributed by atoms with Crippen LogP contribution in [0.1, 0.15) is 48.1 Å². The molecule has 1 aliphatic heterocycles. The molecule has 2 atom stereocenters. The van der Waals surface area contributed by atoms with E-state index in [0.29, 0.717) is 12.6 Å². The fraction of sp³-hybridized carbons (Fsp3) is 0.667. The Hall–Kier alpha value is -1.33. The normalized spacial score (nSPS) is 23.8. The molecule has 0 radical (unpaired) electrons. The molecule has 0 aliphatic carbocycles. The molecule has 1 fully saturated rings. The van der Waals surface area contributed by atoms with Gasteiger partial charge in [0.25, 0.3) is 0 Å². The molecular weight excluding hydrogens is 258 g/mol. The third kappa shape index (κ3) is 3.04. The number of piperidine rings is 1. The van der Waals surface area contributed by atoms with Crippen LogP contribution in [0, 0.1) is 6.92 Å². The Morgan fingerprint density at radius 3 is 2.95 bits per heavy atom. The highest BCUT2D eigenvalue weighted by atomic mass is 16.5. The van der Waals surface area contributed by atoms with Crippen LogP contribution in [0.3, 0.4) is 0 Å². The molecule has 0 spiro atoms. The summed E-state index contributed by atoms with van der Waals surface area (Å²) in [4.78, 5) is 13.8. The van der Waals surface area contributed by atoms with E-state index in [1.807, 2.05) is 13.0 Å². The second-order valence-corrected chi connectivity index (χ2v) is 5.51. The number of methoxy groups -OCH3 is 1.